The Hall–Kier alpha value is -2.11. The highest BCUT2D eigenvalue weighted by atomic mass is 35.5. The second kappa shape index (κ2) is 7.61. The number of nitrogens with zero attached hydrogens (tertiary/aromatic N) is 1. The number of nitrogens with one attached hydrogen (secondary N) is 2. The van der Waals surface area contributed by atoms with E-state index in [1.165, 1.54) is 0 Å². The number of rotatable bonds is 6. The fourth-order valence-electron chi connectivity index (χ4n) is 1.75. The summed E-state index contributed by atoms with van der Waals surface area (Å²) in [6, 6.07) is 11.2. The molecule has 2 rings (SSSR count). The van der Waals surface area contributed by atoms with Gasteiger partial charge in [0, 0.05) is 24.5 Å². The van der Waals surface area contributed by atoms with Crippen LogP contribution in [0, 0.1) is 0 Å². The van der Waals surface area contributed by atoms with E-state index in [9.17, 15) is 4.79 Å². The van der Waals surface area contributed by atoms with E-state index in [0.29, 0.717) is 18.9 Å². The summed E-state index contributed by atoms with van der Waals surface area (Å²) in [5, 5.41) is 6.63. The van der Waals surface area contributed by atoms with E-state index in [4.69, 9.17) is 17.3 Å². The van der Waals surface area contributed by atoms with Gasteiger partial charge in [0.25, 0.3) is 0 Å². The second-order valence-electron chi connectivity index (χ2n) is 4.46. The Bertz CT molecular complexity index is 601. The zero-order chi connectivity index (χ0) is 15.1. The minimum atomic E-state index is -0.137. The normalized spacial score (nSPS) is 10.2. The van der Waals surface area contributed by atoms with Gasteiger partial charge in [0.2, 0.25) is 5.91 Å². The molecule has 5 nitrogen and oxygen atoms in total. The number of nitrogens with two attached hydrogens (primary N) is 1. The van der Waals surface area contributed by atoms with Crippen molar-refractivity contribution in [3.63, 3.8) is 0 Å². The number of amides is 1. The predicted octanol–water partition coefficient (Wildman–Crippen LogP) is 2.63. The summed E-state index contributed by atoms with van der Waals surface area (Å²) in [6.07, 6.45) is 1.95. The Balaban J connectivity index is 1.91. The number of pyridine rings is 1. The van der Waals surface area contributed by atoms with Crippen LogP contribution in [-0.2, 0) is 11.3 Å². The van der Waals surface area contributed by atoms with Crippen LogP contribution < -0.4 is 16.4 Å². The van der Waals surface area contributed by atoms with Gasteiger partial charge in [0.15, 0.2) is 0 Å². The van der Waals surface area contributed by atoms with E-state index < -0.39 is 0 Å². The SMILES string of the molecule is NCCC(=O)Nc1ccc(NCc2ccccc2Cl)cn1. The zero-order valence-electron chi connectivity index (χ0n) is 11.5. The molecule has 1 heterocycles. The first-order chi connectivity index (χ1) is 10.2. The van der Waals surface area contributed by atoms with Crippen LogP contribution in [0.4, 0.5) is 11.5 Å². The predicted molar refractivity (Wildman–Crippen MR) is 85.3 cm³/mol. The number of carbonyl (C=O) groups excluding carboxylic acids is 1. The van der Waals surface area contributed by atoms with E-state index in [1.54, 1.807) is 12.3 Å². The maximum absolute atomic E-state index is 11.4. The summed E-state index contributed by atoms with van der Waals surface area (Å²) in [6.45, 7) is 0.934. The molecule has 4 N–H and O–H groups in total. The van der Waals surface area contributed by atoms with Crippen molar-refractivity contribution >= 4 is 29.0 Å². The van der Waals surface area contributed by atoms with E-state index >= 15 is 0 Å². The van der Waals surface area contributed by atoms with Crippen LogP contribution in [-0.4, -0.2) is 17.4 Å². The van der Waals surface area contributed by atoms with Crippen LogP contribution in [0.25, 0.3) is 0 Å². The Morgan fingerprint density at radius 1 is 1.24 bits per heavy atom. The van der Waals surface area contributed by atoms with Gasteiger partial charge >= 0.3 is 0 Å². The molecule has 0 radical (unpaired) electrons. The number of aromatic nitrogens is 1. The monoisotopic (exact) mass is 304 g/mol. The van der Waals surface area contributed by atoms with Gasteiger partial charge in [-0.05, 0) is 23.8 Å². The smallest absolute Gasteiger partial charge is 0.226 e. The number of benzene rings is 1. The average Bonchev–Trinajstić information content (AvgIpc) is 2.48. The topological polar surface area (TPSA) is 80.0 Å². The van der Waals surface area contributed by atoms with Gasteiger partial charge < -0.3 is 16.4 Å². The van der Waals surface area contributed by atoms with Gasteiger partial charge in [-0.25, -0.2) is 4.98 Å². The van der Waals surface area contributed by atoms with Crippen molar-refractivity contribution in [3.05, 3.63) is 53.2 Å². The highest BCUT2D eigenvalue weighted by molar-refractivity contribution is 6.31. The van der Waals surface area contributed by atoms with E-state index in [0.717, 1.165) is 16.3 Å². The molecule has 1 amide bonds. The van der Waals surface area contributed by atoms with Crippen LogP contribution in [0.2, 0.25) is 5.02 Å². The molecular weight excluding hydrogens is 288 g/mol. The Labute approximate surface area is 128 Å². The van der Waals surface area contributed by atoms with Gasteiger partial charge in [0.05, 0.1) is 11.9 Å². The summed E-state index contributed by atoms with van der Waals surface area (Å²) in [7, 11) is 0. The minimum Gasteiger partial charge on any atom is -0.380 e. The molecule has 0 atom stereocenters. The molecule has 1 aromatic heterocycles. The first-order valence-electron chi connectivity index (χ1n) is 6.62. The number of hydrogen-bond donors (Lipinski definition) is 3. The van der Waals surface area contributed by atoms with Crippen LogP contribution in [0.15, 0.2) is 42.6 Å². The third kappa shape index (κ3) is 4.73. The molecule has 0 aliphatic carbocycles. The molecular formula is C15H17ClN4O. The third-order valence-electron chi connectivity index (χ3n) is 2.84. The van der Waals surface area contributed by atoms with Crippen LogP contribution >= 0.6 is 11.6 Å². The fraction of sp³-hybridized carbons (Fsp3) is 0.200. The van der Waals surface area contributed by atoms with Crippen molar-refractivity contribution in [2.75, 3.05) is 17.2 Å². The molecule has 0 aliphatic rings. The lowest BCUT2D eigenvalue weighted by molar-refractivity contribution is -0.116. The first-order valence-corrected chi connectivity index (χ1v) is 7.00. The van der Waals surface area contributed by atoms with Gasteiger partial charge in [0.1, 0.15) is 5.82 Å². The molecule has 0 aliphatic heterocycles. The number of anilines is 2. The summed E-state index contributed by atoms with van der Waals surface area (Å²) in [5.74, 6) is 0.374. The van der Waals surface area contributed by atoms with Crippen molar-refractivity contribution < 1.29 is 4.79 Å². The highest BCUT2D eigenvalue weighted by Gasteiger charge is 2.02. The molecule has 1 aromatic carbocycles. The van der Waals surface area contributed by atoms with Crippen molar-refractivity contribution in [3.8, 4) is 0 Å². The molecule has 6 heteroatoms. The lowest BCUT2D eigenvalue weighted by Gasteiger charge is -2.09. The second-order valence-corrected chi connectivity index (χ2v) is 4.87. The zero-order valence-corrected chi connectivity index (χ0v) is 12.2. The summed E-state index contributed by atoms with van der Waals surface area (Å²) in [5.41, 5.74) is 7.18. The Morgan fingerprint density at radius 3 is 2.71 bits per heavy atom. The maximum Gasteiger partial charge on any atom is 0.226 e. The van der Waals surface area contributed by atoms with Crippen LogP contribution in [0.1, 0.15) is 12.0 Å². The molecule has 0 fully saturated rings. The minimum absolute atomic E-state index is 0.137. The fourth-order valence-corrected chi connectivity index (χ4v) is 1.95. The Kier molecular flexibility index (Phi) is 5.54. The van der Waals surface area contributed by atoms with E-state index in [1.807, 2.05) is 30.3 Å². The van der Waals surface area contributed by atoms with Gasteiger partial charge in [-0.2, -0.15) is 0 Å². The third-order valence-corrected chi connectivity index (χ3v) is 3.21. The average molecular weight is 305 g/mol. The van der Waals surface area contributed by atoms with E-state index in [-0.39, 0.29) is 12.3 Å². The molecule has 0 unspecified atom stereocenters. The molecule has 21 heavy (non-hydrogen) atoms. The van der Waals surface area contributed by atoms with E-state index in [2.05, 4.69) is 15.6 Å². The lowest BCUT2D eigenvalue weighted by atomic mass is 10.2. The largest absolute Gasteiger partial charge is 0.380 e. The molecule has 0 saturated carbocycles. The van der Waals surface area contributed by atoms with Gasteiger partial charge in [-0.1, -0.05) is 29.8 Å². The van der Waals surface area contributed by atoms with Crippen molar-refractivity contribution in [2.24, 2.45) is 5.73 Å². The van der Waals surface area contributed by atoms with Gasteiger partial charge in [-0.3, -0.25) is 4.79 Å². The molecule has 0 spiro atoms. The molecule has 0 saturated heterocycles. The van der Waals surface area contributed by atoms with Gasteiger partial charge in [-0.15, -0.1) is 0 Å². The number of carbonyl (C=O) groups is 1. The summed E-state index contributed by atoms with van der Waals surface area (Å²) >= 11 is 6.09. The maximum atomic E-state index is 11.4. The Morgan fingerprint density at radius 2 is 2.05 bits per heavy atom. The van der Waals surface area contributed by atoms with Crippen molar-refractivity contribution in [1.29, 1.82) is 0 Å². The van der Waals surface area contributed by atoms with Crippen molar-refractivity contribution in [1.82, 2.24) is 4.98 Å². The molecule has 2 aromatic rings. The standard InChI is InChI=1S/C15H17ClN4O/c16-13-4-2-1-3-11(13)9-18-12-5-6-14(19-10-12)20-15(21)7-8-17/h1-6,10,18H,7-9,17H2,(H,19,20,21). The highest BCUT2D eigenvalue weighted by Crippen LogP contribution is 2.17. The van der Waals surface area contributed by atoms with Crippen LogP contribution in [0.5, 0.6) is 0 Å². The number of hydrogen-bond acceptors (Lipinski definition) is 4. The summed E-state index contributed by atoms with van der Waals surface area (Å²) < 4.78 is 0. The lowest BCUT2D eigenvalue weighted by Crippen LogP contribution is -2.16. The van der Waals surface area contributed by atoms with Crippen LogP contribution in [0.3, 0.4) is 0 Å². The molecule has 110 valence electrons. The first kappa shape index (κ1) is 15.3. The summed E-state index contributed by atoms with van der Waals surface area (Å²) in [4.78, 5) is 15.6. The molecule has 0 bridgehead atoms. The number of halogens is 1. The van der Waals surface area contributed by atoms with Crippen molar-refractivity contribution in [2.45, 2.75) is 13.0 Å². The quantitative estimate of drug-likeness (QED) is 0.766.